The largest absolute Gasteiger partial charge is 0.383 e. The Balaban J connectivity index is 3.03. The highest BCUT2D eigenvalue weighted by Gasteiger charge is 2.29. The Kier molecular flexibility index (Phi) is 8.07. The van der Waals surface area contributed by atoms with Crippen LogP contribution in [0.2, 0.25) is 4.34 Å². The van der Waals surface area contributed by atoms with Gasteiger partial charge in [-0.1, -0.05) is 25.4 Å². The lowest BCUT2D eigenvalue weighted by molar-refractivity contribution is 0.0716. The second-order valence-electron chi connectivity index (χ2n) is 5.15. The van der Waals surface area contributed by atoms with Gasteiger partial charge in [-0.05, 0) is 31.9 Å². The minimum Gasteiger partial charge on any atom is -0.383 e. The second kappa shape index (κ2) is 9.00. The van der Waals surface area contributed by atoms with Gasteiger partial charge >= 0.3 is 0 Å². The van der Waals surface area contributed by atoms with Gasteiger partial charge in [0.2, 0.25) is 0 Å². The van der Waals surface area contributed by atoms with E-state index in [1.54, 1.807) is 18.4 Å². The van der Waals surface area contributed by atoms with E-state index in [0.717, 1.165) is 30.3 Å². The third-order valence-electron chi connectivity index (χ3n) is 3.71. The van der Waals surface area contributed by atoms with Crippen LogP contribution >= 0.6 is 22.9 Å². The summed E-state index contributed by atoms with van der Waals surface area (Å²) < 4.78 is 6.10. The first kappa shape index (κ1) is 17.9. The van der Waals surface area contributed by atoms with Crippen molar-refractivity contribution in [1.29, 1.82) is 0 Å². The van der Waals surface area contributed by atoms with Crippen molar-refractivity contribution in [3.05, 3.63) is 21.3 Å². The van der Waals surface area contributed by atoms with Gasteiger partial charge in [-0.15, -0.1) is 11.3 Å². The molecule has 20 heavy (non-hydrogen) atoms. The van der Waals surface area contributed by atoms with Gasteiger partial charge in [0.1, 0.15) is 0 Å². The van der Waals surface area contributed by atoms with Crippen LogP contribution in [0.5, 0.6) is 0 Å². The van der Waals surface area contributed by atoms with Gasteiger partial charge in [0.05, 0.1) is 17.0 Å². The second-order valence-corrected chi connectivity index (χ2v) is 6.89. The summed E-state index contributed by atoms with van der Waals surface area (Å²) in [5.74, 6) is 0. The fourth-order valence-electron chi connectivity index (χ4n) is 2.71. The maximum atomic E-state index is 6.28. The van der Waals surface area contributed by atoms with E-state index in [9.17, 15) is 0 Å². The fourth-order valence-corrected chi connectivity index (χ4v) is 4.01. The van der Waals surface area contributed by atoms with Crippen molar-refractivity contribution in [2.75, 3.05) is 20.3 Å². The number of ether oxygens (including phenoxy) is 1. The van der Waals surface area contributed by atoms with E-state index < -0.39 is 0 Å². The lowest BCUT2D eigenvalue weighted by Crippen LogP contribution is -2.46. The van der Waals surface area contributed by atoms with Crippen LogP contribution in [0.15, 0.2) is 12.1 Å². The Morgan fingerprint density at radius 1 is 1.35 bits per heavy atom. The molecule has 0 aliphatic heterocycles. The molecule has 0 aliphatic rings. The summed E-state index contributed by atoms with van der Waals surface area (Å²) in [6.07, 6.45) is 2.23. The molecule has 2 N–H and O–H groups in total. The molecule has 5 heteroatoms. The standard InChI is InChI=1S/C15H27ClN2OS/c1-5-12(6-2)18(9-10-19-4)15(11(3)17)13-7-8-14(16)20-13/h7-8,11-12,15H,5-6,9-10,17H2,1-4H3. The van der Waals surface area contributed by atoms with Crippen molar-refractivity contribution in [1.82, 2.24) is 4.90 Å². The van der Waals surface area contributed by atoms with Crippen LogP contribution < -0.4 is 5.73 Å². The zero-order valence-electron chi connectivity index (χ0n) is 12.9. The average Bonchev–Trinajstić information content (AvgIpc) is 2.82. The summed E-state index contributed by atoms with van der Waals surface area (Å²) in [7, 11) is 1.74. The maximum absolute atomic E-state index is 6.28. The minimum atomic E-state index is 0.0576. The zero-order valence-corrected chi connectivity index (χ0v) is 14.5. The summed E-state index contributed by atoms with van der Waals surface area (Å²) in [5.41, 5.74) is 6.28. The molecule has 1 heterocycles. The Hall–Kier alpha value is -0.130. The predicted octanol–water partition coefficient (Wildman–Crippen LogP) is 3.93. The zero-order chi connectivity index (χ0) is 15.1. The van der Waals surface area contributed by atoms with Crippen molar-refractivity contribution in [2.45, 2.75) is 51.7 Å². The number of nitrogens with two attached hydrogens (primary N) is 1. The Morgan fingerprint density at radius 2 is 2.00 bits per heavy atom. The van der Waals surface area contributed by atoms with Crippen LogP contribution in [0.3, 0.4) is 0 Å². The number of hydrogen-bond acceptors (Lipinski definition) is 4. The molecule has 0 saturated heterocycles. The Bertz CT molecular complexity index is 380. The highest BCUT2D eigenvalue weighted by Crippen LogP contribution is 2.34. The molecular formula is C15H27ClN2OS. The van der Waals surface area contributed by atoms with Crippen molar-refractivity contribution in [2.24, 2.45) is 5.73 Å². The lowest BCUT2D eigenvalue weighted by atomic mass is 10.0. The molecule has 1 rings (SSSR count). The highest BCUT2D eigenvalue weighted by atomic mass is 35.5. The minimum absolute atomic E-state index is 0.0576. The number of thiophene rings is 1. The molecular weight excluding hydrogens is 292 g/mol. The van der Waals surface area contributed by atoms with Gasteiger partial charge in [-0.3, -0.25) is 4.90 Å². The molecule has 116 valence electrons. The van der Waals surface area contributed by atoms with Crippen LogP contribution in [-0.2, 0) is 4.74 Å². The first-order valence-corrected chi connectivity index (χ1v) is 8.50. The van der Waals surface area contributed by atoms with Crippen molar-refractivity contribution in [3.8, 4) is 0 Å². The van der Waals surface area contributed by atoms with E-state index in [1.807, 2.05) is 6.07 Å². The highest BCUT2D eigenvalue weighted by molar-refractivity contribution is 7.16. The van der Waals surface area contributed by atoms with E-state index in [2.05, 4.69) is 31.7 Å². The van der Waals surface area contributed by atoms with E-state index in [0.29, 0.717) is 6.04 Å². The predicted molar refractivity (Wildman–Crippen MR) is 88.7 cm³/mol. The van der Waals surface area contributed by atoms with Crippen molar-refractivity contribution < 1.29 is 4.74 Å². The summed E-state index contributed by atoms with van der Waals surface area (Å²) in [5, 5.41) is 0. The van der Waals surface area contributed by atoms with Crippen molar-refractivity contribution in [3.63, 3.8) is 0 Å². The molecule has 2 atom stereocenters. The fraction of sp³-hybridized carbons (Fsp3) is 0.733. The first-order chi connectivity index (χ1) is 9.54. The van der Waals surface area contributed by atoms with Crippen LogP contribution in [0.1, 0.15) is 44.5 Å². The molecule has 0 radical (unpaired) electrons. The number of rotatable bonds is 9. The molecule has 0 fully saturated rings. The van der Waals surface area contributed by atoms with Gasteiger partial charge in [0.25, 0.3) is 0 Å². The first-order valence-electron chi connectivity index (χ1n) is 7.30. The van der Waals surface area contributed by atoms with Crippen LogP contribution in [0.4, 0.5) is 0 Å². The molecule has 0 bridgehead atoms. The lowest BCUT2D eigenvalue weighted by Gasteiger charge is -2.39. The van der Waals surface area contributed by atoms with Crippen LogP contribution in [-0.4, -0.2) is 37.2 Å². The number of methoxy groups -OCH3 is 1. The monoisotopic (exact) mass is 318 g/mol. The van der Waals surface area contributed by atoms with Gasteiger partial charge in [-0.2, -0.15) is 0 Å². The number of halogens is 1. The number of hydrogen-bond donors (Lipinski definition) is 1. The molecule has 0 aliphatic carbocycles. The molecule has 0 amide bonds. The third kappa shape index (κ3) is 4.71. The molecule has 2 unspecified atom stereocenters. The SMILES string of the molecule is CCC(CC)N(CCOC)C(c1ccc(Cl)s1)C(C)N. The van der Waals surface area contributed by atoms with Gasteiger partial charge in [-0.25, -0.2) is 0 Å². The van der Waals surface area contributed by atoms with Crippen LogP contribution in [0.25, 0.3) is 0 Å². The van der Waals surface area contributed by atoms with E-state index in [1.165, 1.54) is 4.88 Å². The summed E-state index contributed by atoms with van der Waals surface area (Å²) in [4.78, 5) is 3.73. The summed E-state index contributed by atoms with van der Waals surface area (Å²) >= 11 is 7.73. The third-order valence-corrected chi connectivity index (χ3v) is 5.01. The quantitative estimate of drug-likeness (QED) is 0.750. The van der Waals surface area contributed by atoms with Gasteiger partial charge in [0.15, 0.2) is 0 Å². The molecule has 0 spiro atoms. The van der Waals surface area contributed by atoms with Crippen molar-refractivity contribution >= 4 is 22.9 Å². The normalized spacial score (nSPS) is 15.0. The molecule has 0 saturated carbocycles. The Labute approximate surface area is 132 Å². The molecule has 0 aromatic carbocycles. The maximum Gasteiger partial charge on any atom is 0.0931 e. The Morgan fingerprint density at radius 3 is 2.40 bits per heavy atom. The van der Waals surface area contributed by atoms with Crippen LogP contribution in [0, 0.1) is 0 Å². The van der Waals surface area contributed by atoms with E-state index in [4.69, 9.17) is 22.1 Å². The molecule has 1 aromatic rings. The van der Waals surface area contributed by atoms with Gasteiger partial charge in [0, 0.05) is 30.6 Å². The van der Waals surface area contributed by atoms with Gasteiger partial charge < -0.3 is 10.5 Å². The topological polar surface area (TPSA) is 38.5 Å². The van der Waals surface area contributed by atoms with E-state index >= 15 is 0 Å². The molecule has 3 nitrogen and oxygen atoms in total. The van der Waals surface area contributed by atoms with E-state index in [-0.39, 0.29) is 12.1 Å². The average molecular weight is 319 g/mol. The number of nitrogens with zero attached hydrogens (tertiary/aromatic N) is 1. The summed E-state index contributed by atoms with van der Waals surface area (Å²) in [6.45, 7) is 8.14. The summed E-state index contributed by atoms with van der Waals surface area (Å²) in [6, 6.07) is 4.83. The molecule has 1 aromatic heterocycles. The smallest absolute Gasteiger partial charge is 0.0931 e.